The van der Waals surface area contributed by atoms with Crippen molar-refractivity contribution in [1.82, 2.24) is 15.2 Å². The number of rotatable bonds is 6. The first-order valence-electron chi connectivity index (χ1n) is 7.51. The van der Waals surface area contributed by atoms with Crippen molar-refractivity contribution in [3.05, 3.63) is 29.6 Å². The van der Waals surface area contributed by atoms with Crippen LogP contribution in [-0.4, -0.2) is 35.6 Å². The first-order valence-corrected chi connectivity index (χ1v) is 7.51. The van der Waals surface area contributed by atoms with Crippen molar-refractivity contribution in [2.45, 2.75) is 46.2 Å². The molecule has 1 aromatic rings. The van der Waals surface area contributed by atoms with Crippen LogP contribution in [0.25, 0.3) is 0 Å². The molecule has 1 atom stereocenters. The maximum absolute atomic E-state index is 4.54. The quantitative estimate of drug-likeness (QED) is 0.853. The van der Waals surface area contributed by atoms with Gasteiger partial charge in [-0.25, -0.2) is 0 Å². The normalized spacial score (nSPS) is 19.5. The molecule has 0 amide bonds. The number of nitrogens with one attached hydrogen (secondary N) is 1. The number of aryl methyl sites for hydroxylation is 1. The molecule has 0 aromatic carbocycles. The van der Waals surface area contributed by atoms with Crippen molar-refractivity contribution in [3.63, 3.8) is 0 Å². The Bertz CT molecular complexity index is 366. The van der Waals surface area contributed by atoms with E-state index in [0.29, 0.717) is 12.0 Å². The van der Waals surface area contributed by atoms with Gasteiger partial charge in [0.25, 0.3) is 0 Å². The summed E-state index contributed by atoms with van der Waals surface area (Å²) in [7, 11) is 0. The second-order valence-corrected chi connectivity index (χ2v) is 6.21. The summed E-state index contributed by atoms with van der Waals surface area (Å²) < 4.78 is 0. The summed E-state index contributed by atoms with van der Waals surface area (Å²) in [5.74, 6) is 0.701. The van der Waals surface area contributed by atoms with Crippen molar-refractivity contribution < 1.29 is 0 Å². The van der Waals surface area contributed by atoms with Crippen LogP contribution in [0.5, 0.6) is 0 Å². The Morgan fingerprint density at radius 3 is 2.84 bits per heavy atom. The molecule has 1 N–H and O–H groups in total. The van der Waals surface area contributed by atoms with E-state index in [0.717, 1.165) is 19.6 Å². The summed E-state index contributed by atoms with van der Waals surface area (Å²) in [6, 6.07) is 4.98. The molecule has 19 heavy (non-hydrogen) atoms. The van der Waals surface area contributed by atoms with Crippen LogP contribution in [0, 0.1) is 12.8 Å². The van der Waals surface area contributed by atoms with Gasteiger partial charge in [-0.05, 0) is 43.9 Å². The average Bonchev–Trinajstić information content (AvgIpc) is 2.84. The lowest BCUT2D eigenvalue weighted by Gasteiger charge is -2.27. The van der Waals surface area contributed by atoms with E-state index in [4.69, 9.17) is 0 Å². The van der Waals surface area contributed by atoms with E-state index in [2.05, 4.69) is 48.1 Å². The van der Waals surface area contributed by atoms with Crippen LogP contribution in [0.2, 0.25) is 0 Å². The SMILES string of the molecule is Cc1ccc(CN(CC(C)C)CC2CCCN2)nc1. The Labute approximate surface area is 117 Å². The van der Waals surface area contributed by atoms with E-state index in [1.165, 1.54) is 30.6 Å². The van der Waals surface area contributed by atoms with Crippen LogP contribution in [0.4, 0.5) is 0 Å². The molecule has 0 radical (unpaired) electrons. The number of hydrogen-bond acceptors (Lipinski definition) is 3. The fraction of sp³-hybridized carbons (Fsp3) is 0.688. The fourth-order valence-electron chi connectivity index (χ4n) is 2.77. The molecule has 2 heterocycles. The van der Waals surface area contributed by atoms with Crippen molar-refractivity contribution >= 4 is 0 Å². The van der Waals surface area contributed by atoms with Gasteiger partial charge < -0.3 is 5.32 Å². The summed E-state index contributed by atoms with van der Waals surface area (Å²) in [6.45, 7) is 11.1. The molecule has 0 bridgehead atoms. The molecule has 1 aromatic heterocycles. The average molecular weight is 261 g/mol. The molecule has 1 fully saturated rings. The maximum atomic E-state index is 4.54. The van der Waals surface area contributed by atoms with Gasteiger partial charge in [-0.1, -0.05) is 19.9 Å². The molecule has 106 valence electrons. The minimum absolute atomic E-state index is 0.671. The van der Waals surface area contributed by atoms with Crippen LogP contribution >= 0.6 is 0 Å². The smallest absolute Gasteiger partial charge is 0.0544 e. The summed E-state index contributed by atoms with van der Waals surface area (Å²) in [5, 5.41) is 3.59. The van der Waals surface area contributed by atoms with E-state index >= 15 is 0 Å². The number of hydrogen-bond donors (Lipinski definition) is 1. The molecule has 1 saturated heterocycles. The zero-order valence-corrected chi connectivity index (χ0v) is 12.5. The fourth-order valence-corrected chi connectivity index (χ4v) is 2.77. The van der Waals surface area contributed by atoms with Gasteiger partial charge in [-0.2, -0.15) is 0 Å². The lowest BCUT2D eigenvalue weighted by atomic mass is 10.1. The third kappa shape index (κ3) is 4.92. The van der Waals surface area contributed by atoms with Gasteiger partial charge in [0.05, 0.1) is 5.69 Å². The van der Waals surface area contributed by atoms with Gasteiger partial charge in [-0.3, -0.25) is 9.88 Å². The number of pyridine rings is 1. The minimum Gasteiger partial charge on any atom is -0.313 e. The Morgan fingerprint density at radius 1 is 1.42 bits per heavy atom. The molecule has 0 aliphatic carbocycles. The zero-order valence-electron chi connectivity index (χ0n) is 12.5. The third-order valence-electron chi connectivity index (χ3n) is 3.62. The van der Waals surface area contributed by atoms with Gasteiger partial charge in [0.1, 0.15) is 0 Å². The molecule has 1 aliphatic heterocycles. The second-order valence-electron chi connectivity index (χ2n) is 6.21. The maximum Gasteiger partial charge on any atom is 0.0544 e. The molecule has 0 saturated carbocycles. The Kier molecular flexibility index (Phi) is 5.34. The Balaban J connectivity index is 1.93. The van der Waals surface area contributed by atoms with Gasteiger partial charge >= 0.3 is 0 Å². The Morgan fingerprint density at radius 2 is 2.26 bits per heavy atom. The van der Waals surface area contributed by atoms with Crippen molar-refractivity contribution in [1.29, 1.82) is 0 Å². The zero-order chi connectivity index (χ0) is 13.7. The molecule has 1 aliphatic rings. The second kappa shape index (κ2) is 7.01. The summed E-state index contributed by atoms with van der Waals surface area (Å²) in [6.07, 6.45) is 4.61. The standard InChI is InChI=1S/C16H27N3/c1-13(2)10-19(11-15-5-4-8-17-15)12-16-7-6-14(3)9-18-16/h6-7,9,13,15,17H,4-5,8,10-12H2,1-3H3. The largest absolute Gasteiger partial charge is 0.313 e. The van der Waals surface area contributed by atoms with Crippen LogP contribution in [0.1, 0.15) is 37.9 Å². The highest BCUT2D eigenvalue weighted by molar-refractivity contribution is 5.12. The van der Waals surface area contributed by atoms with Crippen LogP contribution in [0.15, 0.2) is 18.3 Å². The van der Waals surface area contributed by atoms with E-state index in [1.807, 2.05) is 6.20 Å². The van der Waals surface area contributed by atoms with E-state index in [-0.39, 0.29) is 0 Å². The molecule has 3 heteroatoms. The van der Waals surface area contributed by atoms with Crippen LogP contribution in [0.3, 0.4) is 0 Å². The molecule has 3 nitrogen and oxygen atoms in total. The van der Waals surface area contributed by atoms with E-state index in [1.54, 1.807) is 0 Å². The molecule has 2 rings (SSSR count). The summed E-state index contributed by atoms with van der Waals surface area (Å²) >= 11 is 0. The molecule has 1 unspecified atom stereocenters. The highest BCUT2D eigenvalue weighted by Crippen LogP contribution is 2.11. The van der Waals surface area contributed by atoms with Crippen molar-refractivity contribution in [3.8, 4) is 0 Å². The first kappa shape index (κ1) is 14.5. The van der Waals surface area contributed by atoms with E-state index < -0.39 is 0 Å². The van der Waals surface area contributed by atoms with Gasteiger partial charge in [0, 0.05) is 31.9 Å². The van der Waals surface area contributed by atoms with Gasteiger partial charge in [0.15, 0.2) is 0 Å². The topological polar surface area (TPSA) is 28.2 Å². The van der Waals surface area contributed by atoms with Crippen LogP contribution in [-0.2, 0) is 6.54 Å². The predicted molar refractivity (Wildman–Crippen MR) is 80.1 cm³/mol. The van der Waals surface area contributed by atoms with Gasteiger partial charge in [0.2, 0.25) is 0 Å². The predicted octanol–water partition coefficient (Wildman–Crippen LogP) is 2.60. The lowest BCUT2D eigenvalue weighted by Crippen LogP contribution is -2.39. The van der Waals surface area contributed by atoms with Crippen LogP contribution < -0.4 is 5.32 Å². The summed E-state index contributed by atoms with van der Waals surface area (Å²) in [4.78, 5) is 7.08. The monoisotopic (exact) mass is 261 g/mol. The van der Waals surface area contributed by atoms with Crippen molar-refractivity contribution in [2.75, 3.05) is 19.6 Å². The Hall–Kier alpha value is -0.930. The lowest BCUT2D eigenvalue weighted by molar-refractivity contribution is 0.214. The van der Waals surface area contributed by atoms with Gasteiger partial charge in [-0.15, -0.1) is 0 Å². The first-order chi connectivity index (χ1) is 9.13. The molecular formula is C16H27N3. The van der Waals surface area contributed by atoms with E-state index in [9.17, 15) is 0 Å². The minimum atomic E-state index is 0.671. The summed E-state index contributed by atoms with van der Waals surface area (Å²) in [5.41, 5.74) is 2.42. The molecule has 0 spiro atoms. The third-order valence-corrected chi connectivity index (χ3v) is 3.62. The number of nitrogens with zero attached hydrogens (tertiary/aromatic N) is 2. The highest BCUT2D eigenvalue weighted by Gasteiger charge is 2.18. The number of aromatic nitrogens is 1. The highest BCUT2D eigenvalue weighted by atomic mass is 15.2. The molecular weight excluding hydrogens is 234 g/mol. The van der Waals surface area contributed by atoms with Crippen molar-refractivity contribution in [2.24, 2.45) is 5.92 Å².